The van der Waals surface area contributed by atoms with Crippen LogP contribution in [0, 0.1) is 10.1 Å². The fourth-order valence-corrected chi connectivity index (χ4v) is 1.08. The molecule has 82 valence electrons. The molecule has 6 nitrogen and oxygen atoms in total. The molecule has 1 aromatic rings. The number of nitrogens with zero attached hydrogens (tertiary/aromatic N) is 1. The van der Waals surface area contributed by atoms with E-state index in [1.54, 1.807) is 4.98 Å². The standard InChI is InChI=1S/C7H6F2N2O4/c8-6(9)5-3(2-12)1-4(11(14)15)10-7(5)13/h1,6,12H,2H2,(H,10,13). The molecule has 0 aliphatic heterocycles. The molecular weight excluding hydrogens is 214 g/mol. The van der Waals surface area contributed by atoms with Gasteiger partial charge >= 0.3 is 11.4 Å². The van der Waals surface area contributed by atoms with Gasteiger partial charge in [-0.25, -0.2) is 18.6 Å². The van der Waals surface area contributed by atoms with Gasteiger partial charge in [-0.3, -0.25) is 0 Å². The van der Waals surface area contributed by atoms with Crippen LogP contribution in [0.15, 0.2) is 10.9 Å². The molecule has 0 fully saturated rings. The summed E-state index contributed by atoms with van der Waals surface area (Å²) in [5.41, 5.74) is -2.65. The maximum Gasteiger partial charge on any atom is 0.341 e. The van der Waals surface area contributed by atoms with E-state index in [0.29, 0.717) is 6.07 Å². The molecule has 0 atom stereocenters. The van der Waals surface area contributed by atoms with E-state index in [9.17, 15) is 23.7 Å². The van der Waals surface area contributed by atoms with E-state index in [1.165, 1.54) is 0 Å². The molecule has 1 aromatic heterocycles. The van der Waals surface area contributed by atoms with Crippen molar-refractivity contribution in [2.45, 2.75) is 13.0 Å². The number of aromatic nitrogens is 1. The van der Waals surface area contributed by atoms with Crippen LogP contribution in [0.1, 0.15) is 17.6 Å². The van der Waals surface area contributed by atoms with Gasteiger partial charge in [-0.2, -0.15) is 0 Å². The first kappa shape index (κ1) is 11.2. The Morgan fingerprint density at radius 1 is 1.60 bits per heavy atom. The highest BCUT2D eigenvalue weighted by Crippen LogP contribution is 2.21. The molecule has 0 amide bonds. The Morgan fingerprint density at radius 3 is 2.60 bits per heavy atom. The fourth-order valence-electron chi connectivity index (χ4n) is 1.08. The summed E-state index contributed by atoms with van der Waals surface area (Å²) in [6.45, 7) is -0.857. The van der Waals surface area contributed by atoms with Crippen LogP contribution in [0.25, 0.3) is 0 Å². The zero-order valence-corrected chi connectivity index (χ0v) is 7.24. The maximum atomic E-state index is 12.3. The molecule has 0 aliphatic rings. The number of nitrogens with one attached hydrogen (secondary N) is 1. The summed E-state index contributed by atoms with van der Waals surface area (Å²) in [5, 5.41) is 19.0. The number of aliphatic hydroxyl groups excluding tert-OH is 1. The second kappa shape index (κ2) is 4.13. The van der Waals surface area contributed by atoms with Crippen LogP contribution in [0.3, 0.4) is 0 Å². The van der Waals surface area contributed by atoms with Gasteiger partial charge in [0.2, 0.25) is 0 Å². The minimum Gasteiger partial charge on any atom is -0.392 e. The lowest BCUT2D eigenvalue weighted by molar-refractivity contribution is -0.389. The van der Waals surface area contributed by atoms with Crippen molar-refractivity contribution in [3.63, 3.8) is 0 Å². The lowest BCUT2D eigenvalue weighted by Crippen LogP contribution is -2.17. The minimum atomic E-state index is -3.09. The SMILES string of the molecule is O=c1[nH]c([N+](=O)[O-])cc(CO)c1C(F)F. The Hall–Kier alpha value is -1.83. The average Bonchev–Trinajstić information content (AvgIpc) is 2.15. The van der Waals surface area contributed by atoms with Crippen molar-refractivity contribution in [3.05, 3.63) is 37.7 Å². The van der Waals surface area contributed by atoms with Crippen LogP contribution >= 0.6 is 0 Å². The Balaban J connectivity index is 3.44. The third-order valence-electron chi connectivity index (χ3n) is 1.73. The topological polar surface area (TPSA) is 96.2 Å². The minimum absolute atomic E-state index is 0.444. The number of aromatic amines is 1. The number of nitro groups is 1. The predicted molar refractivity (Wildman–Crippen MR) is 44.6 cm³/mol. The molecule has 0 aromatic carbocycles. The summed E-state index contributed by atoms with van der Waals surface area (Å²) in [5.74, 6) is -0.728. The van der Waals surface area contributed by atoms with Crippen LogP contribution < -0.4 is 5.56 Å². The molecule has 8 heteroatoms. The monoisotopic (exact) mass is 220 g/mol. The van der Waals surface area contributed by atoms with Gasteiger partial charge < -0.3 is 15.2 Å². The van der Waals surface area contributed by atoms with Crippen molar-refractivity contribution in [2.24, 2.45) is 0 Å². The molecular formula is C7H6F2N2O4. The smallest absolute Gasteiger partial charge is 0.341 e. The number of aliphatic hydroxyl groups is 1. The fraction of sp³-hybridized carbons (Fsp3) is 0.286. The number of hydrogen-bond acceptors (Lipinski definition) is 4. The Labute approximate surface area is 81.3 Å². The van der Waals surface area contributed by atoms with Gasteiger partial charge in [0.1, 0.15) is 5.56 Å². The van der Waals surface area contributed by atoms with E-state index in [0.717, 1.165) is 0 Å². The molecule has 0 unspecified atom stereocenters. The molecule has 0 bridgehead atoms. The highest BCUT2D eigenvalue weighted by atomic mass is 19.3. The lowest BCUT2D eigenvalue weighted by atomic mass is 10.1. The van der Waals surface area contributed by atoms with E-state index in [1.807, 2.05) is 0 Å². The molecule has 0 radical (unpaired) electrons. The highest BCUT2D eigenvalue weighted by Gasteiger charge is 2.22. The maximum absolute atomic E-state index is 12.3. The van der Waals surface area contributed by atoms with E-state index < -0.39 is 40.5 Å². The summed E-state index contributed by atoms with van der Waals surface area (Å²) in [4.78, 5) is 22.0. The van der Waals surface area contributed by atoms with Gasteiger partial charge in [0.15, 0.2) is 0 Å². The largest absolute Gasteiger partial charge is 0.392 e. The van der Waals surface area contributed by atoms with Crippen LogP contribution in [-0.2, 0) is 6.61 Å². The second-order valence-corrected chi connectivity index (χ2v) is 2.64. The average molecular weight is 220 g/mol. The van der Waals surface area contributed by atoms with E-state index in [2.05, 4.69) is 0 Å². The second-order valence-electron chi connectivity index (χ2n) is 2.64. The Kier molecular flexibility index (Phi) is 3.10. The summed E-state index contributed by atoms with van der Waals surface area (Å²) < 4.78 is 24.6. The molecule has 1 rings (SSSR count). The normalized spacial score (nSPS) is 10.7. The first-order chi connectivity index (χ1) is 6.97. The summed E-state index contributed by atoms with van der Waals surface area (Å²) in [6, 6.07) is 0.711. The number of halogens is 2. The first-order valence-electron chi connectivity index (χ1n) is 3.77. The third kappa shape index (κ3) is 2.15. The van der Waals surface area contributed by atoms with Crippen molar-refractivity contribution >= 4 is 5.82 Å². The molecule has 0 aliphatic carbocycles. The summed E-state index contributed by atoms with van der Waals surface area (Å²) >= 11 is 0. The third-order valence-corrected chi connectivity index (χ3v) is 1.73. The van der Waals surface area contributed by atoms with Crippen LogP contribution in [-0.4, -0.2) is 15.0 Å². The Bertz CT molecular complexity index is 443. The number of hydrogen-bond donors (Lipinski definition) is 2. The highest BCUT2D eigenvalue weighted by molar-refractivity contribution is 5.33. The van der Waals surface area contributed by atoms with Crippen molar-refractivity contribution in [1.82, 2.24) is 4.98 Å². The van der Waals surface area contributed by atoms with Gasteiger partial charge in [0, 0.05) is 11.6 Å². The molecule has 1 heterocycles. The molecule has 15 heavy (non-hydrogen) atoms. The lowest BCUT2D eigenvalue weighted by Gasteiger charge is -2.03. The molecule has 0 saturated carbocycles. The van der Waals surface area contributed by atoms with Gasteiger partial charge in [0.05, 0.1) is 6.61 Å². The first-order valence-corrected chi connectivity index (χ1v) is 3.77. The van der Waals surface area contributed by atoms with Crippen molar-refractivity contribution in [2.75, 3.05) is 0 Å². The summed E-state index contributed by atoms with van der Waals surface area (Å²) in [7, 11) is 0. The molecule has 0 spiro atoms. The molecule has 2 N–H and O–H groups in total. The number of alkyl halides is 2. The quantitative estimate of drug-likeness (QED) is 0.579. The molecule has 0 saturated heterocycles. The van der Waals surface area contributed by atoms with Crippen LogP contribution in [0.5, 0.6) is 0 Å². The number of rotatable bonds is 3. The van der Waals surface area contributed by atoms with Gasteiger partial charge in [0.25, 0.3) is 6.43 Å². The van der Waals surface area contributed by atoms with Gasteiger partial charge in [-0.1, -0.05) is 0 Å². The van der Waals surface area contributed by atoms with Crippen molar-refractivity contribution < 1.29 is 18.8 Å². The van der Waals surface area contributed by atoms with Gasteiger partial charge in [-0.05, 0) is 4.92 Å². The zero-order valence-electron chi connectivity index (χ0n) is 7.24. The zero-order chi connectivity index (χ0) is 11.6. The van der Waals surface area contributed by atoms with E-state index >= 15 is 0 Å². The number of pyridine rings is 1. The predicted octanol–water partition coefficient (Wildman–Crippen LogP) is 0.713. The van der Waals surface area contributed by atoms with Crippen molar-refractivity contribution in [1.29, 1.82) is 0 Å². The van der Waals surface area contributed by atoms with E-state index in [4.69, 9.17) is 5.11 Å². The van der Waals surface area contributed by atoms with Crippen molar-refractivity contribution in [3.8, 4) is 0 Å². The van der Waals surface area contributed by atoms with Gasteiger partial charge in [-0.15, -0.1) is 0 Å². The Morgan fingerprint density at radius 2 is 2.20 bits per heavy atom. The number of H-pyrrole nitrogens is 1. The van der Waals surface area contributed by atoms with Crippen LogP contribution in [0.4, 0.5) is 14.6 Å². The summed E-state index contributed by atoms with van der Waals surface area (Å²) in [6.07, 6.45) is -3.09. The van der Waals surface area contributed by atoms with E-state index in [-0.39, 0.29) is 0 Å². The van der Waals surface area contributed by atoms with Crippen LogP contribution in [0.2, 0.25) is 0 Å².